The van der Waals surface area contributed by atoms with E-state index >= 15 is 0 Å². The van der Waals surface area contributed by atoms with Gasteiger partial charge in [-0.2, -0.15) is 0 Å². The number of nitrogens with one attached hydrogen (secondary N) is 1. The van der Waals surface area contributed by atoms with Gasteiger partial charge in [-0.15, -0.1) is 10.2 Å². The summed E-state index contributed by atoms with van der Waals surface area (Å²) in [6.07, 6.45) is 4.89. The van der Waals surface area contributed by atoms with E-state index in [1.807, 2.05) is 36.4 Å². The number of aromatic hydroxyl groups is 1. The fourth-order valence-corrected chi connectivity index (χ4v) is 4.78. The summed E-state index contributed by atoms with van der Waals surface area (Å²) in [6, 6.07) is 15.2. The molecule has 2 N–H and O–H groups in total. The molecule has 150 valence electrons. The Kier molecular flexibility index (Phi) is 4.51. The predicted molar refractivity (Wildman–Crippen MR) is 115 cm³/mol. The second-order valence-corrected chi connectivity index (χ2v) is 8.23. The molecule has 3 aromatic rings. The number of rotatable bonds is 4. The Morgan fingerprint density at radius 1 is 1.00 bits per heavy atom. The van der Waals surface area contributed by atoms with Gasteiger partial charge in [-0.25, -0.2) is 0 Å². The Balaban J connectivity index is 1.40. The van der Waals surface area contributed by atoms with Gasteiger partial charge in [0.1, 0.15) is 11.5 Å². The minimum atomic E-state index is 0.191. The van der Waals surface area contributed by atoms with Gasteiger partial charge in [-0.3, -0.25) is 0 Å². The van der Waals surface area contributed by atoms with E-state index in [2.05, 4.69) is 27.5 Å². The fourth-order valence-electron chi connectivity index (χ4n) is 4.78. The summed E-state index contributed by atoms with van der Waals surface area (Å²) in [5.74, 6) is 1.84. The van der Waals surface area contributed by atoms with Crippen LogP contribution in [0.25, 0.3) is 22.0 Å². The van der Waals surface area contributed by atoms with Crippen LogP contribution in [0.3, 0.4) is 0 Å². The van der Waals surface area contributed by atoms with Crippen molar-refractivity contribution in [2.75, 3.05) is 19.1 Å². The monoisotopic (exact) mass is 390 g/mol. The largest absolute Gasteiger partial charge is 0.507 e. The minimum Gasteiger partial charge on any atom is -0.507 e. The molecular weight excluding hydrogens is 364 g/mol. The molecule has 5 rings (SSSR count). The Bertz CT molecular complexity index is 1020. The summed E-state index contributed by atoms with van der Waals surface area (Å²) in [5, 5.41) is 25.1. The number of piperidine rings is 1. The lowest BCUT2D eigenvalue weighted by molar-refractivity contribution is 0.353. The van der Waals surface area contributed by atoms with Crippen LogP contribution in [0.15, 0.2) is 42.5 Å². The van der Waals surface area contributed by atoms with Crippen LogP contribution in [0.2, 0.25) is 0 Å². The maximum atomic E-state index is 10.5. The van der Waals surface area contributed by atoms with Crippen molar-refractivity contribution in [3.05, 3.63) is 42.5 Å². The number of aromatic nitrogens is 2. The van der Waals surface area contributed by atoms with Crippen molar-refractivity contribution in [1.29, 1.82) is 0 Å². The van der Waals surface area contributed by atoms with E-state index in [0.717, 1.165) is 35.2 Å². The summed E-state index contributed by atoms with van der Waals surface area (Å²) in [4.78, 5) is 2.26. The Hall–Kier alpha value is -2.86. The molecule has 1 aromatic heterocycles. The molecule has 2 aliphatic heterocycles. The summed E-state index contributed by atoms with van der Waals surface area (Å²) in [5.41, 5.74) is 1.35. The lowest BCUT2D eigenvalue weighted by atomic mass is 9.98. The first-order valence-electron chi connectivity index (χ1n) is 10.2. The Morgan fingerprint density at radius 3 is 2.48 bits per heavy atom. The molecule has 2 saturated heterocycles. The Labute approximate surface area is 170 Å². The third-order valence-corrected chi connectivity index (χ3v) is 6.45. The highest BCUT2D eigenvalue weighted by molar-refractivity contribution is 5.90. The van der Waals surface area contributed by atoms with E-state index in [0.29, 0.717) is 29.4 Å². The molecule has 2 aliphatic rings. The third kappa shape index (κ3) is 3.38. The number of phenols is 1. The third-order valence-electron chi connectivity index (χ3n) is 6.45. The maximum absolute atomic E-state index is 10.5. The highest BCUT2D eigenvalue weighted by Crippen LogP contribution is 2.35. The van der Waals surface area contributed by atoms with Crippen molar-refractivity contribution in [2.45, 2.75) is 43.8 Å². The fraction of sp³-hybridized carbons (Fsp3) is 0.391. The number of hydrogen-bond donors (Lipinski definition) is 2. The number of phenolic OH excluding ortho intramolecular Hbond substituents is 1. The van der Waals surface area contributed by atoms with E-state index in [-0.39, 0.29) is 5.75 Å². The van der Waals surface area contributed by atoms with Gasteiger partial charge < -0.3 is 20.1 Å². The zero-order chi connectivity index (χ0) is 20.0. The average molecular weight is 390 g/mol. The highest BCUT2D eigenvalue weighted by atomic mass is 16.5. The zero-order valence-corrected chi connectivity index (χ0v) is 16.8. The van der Waals surface area contributed by atoms with Crippen LogP contribution in [0.1, 0.15) is 25.7 Å². The van der Waals surface area contributed by atoms with Gasteiger partial charge in [0, 0.05) is 30.7 Å². The van der Waals surface area contributed by atoms with E-state index < -0.39 is 0 Å². The molecule has 0 saturated carbocycles. The van der Waals surface area contributed by atoms with Crippen LogP contribution in [-0.4, -0.2) is 47.6 Å². The van der Waals surface area contributed by atoms with Crippen LogP contribution < -0.4 is 15.0 Å². The standard InChI is InChI=1S/C23H26N4O2/c1-27(18-12-16-4-5-17(13-18)24-16)23-8-7-21(25-26-23)20-10-14-3-6-19(29-2)9-15(14)11-22(20)28/h3,6-11,16-18,24,28H,4-5,12-13H2,1-2H3. The molecular formula is C23H26N4O2. The summed E-state index contributed by atoms with van der Waals surface area (Å²) in [6.45, 7) is 0. The van der Waals surface area contributed by atoms with Gasteiger partial charge >= 0.3 is 0 Å². The number of hydrogen-bond acceptors (Lipinski definition) is 6. The first kappa shape index (κ1) is 18.2. The number of methoxy groups -OCH3 is 1. The molecule has 2 atom stereocenters. The topological polar surface area (TPSA) is 70.5 Å². The SMILES string of the molecule is COc1ccc2cc(-c3ccc(N(C)C4CC5CCC(C4)N5)nn3)c(O)cc2c1. The quantitative estimate of drug-likeness (QED) is 0.707. The second-order valence-electron chi connectivity index (χ2n) is 8.23. The van der Waals surface area contributed by atoms with Crippen LogP contribution in [0.5, 0.6) is 11.5 Å². The smallest absolute Gasteiger partial charge is 0.151 e. The first-order chi connectivity index (χ1) is 14.1. The second kappa shape index (κ2) is 7.19. The van der Waals surface area contributed by atoms with Crippen molar-refractivity contribution >= 4 is 16.6 Å². The normalized spacial score (nSPS) is 23.3. The summed E-state index contributed by atoms with van der Waals surface area (Å²) in [7, 11) is 3.75. The lowest BCUT2D eigenvalue weighted by Crippen LogP contribution is -2.47. The molecule has 29 heavy (non-hydrogen) atoms. The first-order valence-corrected chi connectivity index (χ1v) is 10.2. The van der Waals surface area contributed by atoms with Crippen molar-refractivity contribution < 1.29 is 9.84 Å². The highest BCUT2D eigenvalue weighted by Gasteiger charge is 2.35. The molecule has 0 radical (unpaired) electrons. The van der Waals surface area contributed by atoms with Crippen LogP contribution in [-0.2, 0) is 0 Å². The van der Waals surface area contributed by atoms with Crippen molar-refractivity contribution in [3.63, 3.8) is 0 Å². The maximum Gasteiger partial charge on any atom is 0.151 e. The molecule has 6 heteroatoms. The molecule has 0 aliphatic carbocycles. The molecule has 0 amide bonds. The number of fused-ring (bicyclic) bond motifs is 3. The Morgan fingerprint density at radius 2 is 1.79 bits per heavy atom. The van der Waals surface area contributed by atoms with Gasteiger partial charge in [-0.05, 0) is 72.9 Å². The molecule has 2 bridgehead atoms. The van der Waals surface area contributed by atoms with Gasteiger partial charge in [0.15, 0.2) is 5.82 Å². The van der Waals surface area contributed by atoms with Crippen molar-refractivity contribution in [2.24, 2.45) is 0 Å². The van der Waals surface area contributed by atoms with Crippen LogP contribution in [0, 0.1) is 0 Å². The lowest BCUT2D eigenvalue weighted by Gasteiger charge is -2.36. The number of anilines is 1. The van der Waals surface area contributed by atoms with Crippen molar-refractivity contribution in [1.82, 2.24) is 15.5 Å². The van der Waals surface area contributed by atoms with E-state index in [9.17, 15) is 5.11 Å². The van der Waals surface area contributed by atoms with Crippen molar-refractivity contribution in [3.8, 4) is 22.8 Å². The average Bonchev–Trinajstić information content (AvgIpc) is 3.09. The molecule has 3 heterocycles. The molecule has 6 nitrogen and oxygen atoms in total. The predicted octanol–water partition coefficient (Wildman–Crippen LogP) is 3.73. The molecule has 2 fully saturated rings. The van der Waals surface area contributed by atoms with E-state index in [4.69, 9.17) is 4.74 Å². The van der Waals surface area contributed by atoms with E-state index in [1.54, 1.807) is 13.2 Å². The molecule has 2 unspecified atom stereocenters. The van der Waals surface area contributed by atoms with Crippen LogP contribution in [0.4, 0.5) is 5.82 Å². The number of ether oxygens (including phenoxy) is 1. The van der Waals surface area contributed by atoms with Crippen LogP contribution >= 0.6 is 0 Å². The minimum absolute atomic E-state index is 0.191. The molecule has 2 aromatic carbocycles. The number of nitrogens with zero attached hydrogens (tertiary/aromatic N) is 3. The van der Waals surface area contributed by atoms with E-state index in [1.165, 1.54) is 12.8 Å². The molecule has 0 spiro atoms. The summed E-state index contributed by atoms with van der Waals surface area (Å²) < 4.78 is 5.27. The summed E-state index contributed by atoms with van der Waals surface area (Å²) >= 11 is 0. The van der Waals surface area contributed by atoms with Gasteiger partial charge in [0.25, 0.3) is 0 Å². The number of benzene rings is 2. The van der Waals surface area contributed by atoms with Gasteiger partial charge in [0.2, 0.25) is 0 Å². The zero-order valence-electron chi connectivity index (χ0n) is 16.8. The van der Waals surface area contributed by atoms with Gasteiger partial charge in [0.05, 0.1) is 12.8 Å². The van der Waals surface area contributed by atoms with Gasteiger partial charge in [-0.1, -0.05) is 6.07 Å².